The Morgan fingerprint density at radius 2 is 2.05 bits per heavy atom. The van der Waals surface area contributed by atoms with Crippen LogP contribution >= 0.6 is 0 Å². The minimum Gasteiger partial charge on any atom is -0.504 e. The van der Waals surface area contributed by atoms with Crippen molar-refractivity contribution in [2.45, 2.75) is 6.92 Å². The SMILES string of the molecule is CCOC(=O)c1nn(C)c(-c2ccc(F)cc2)c1O. The fraction of sp³-hybridized carbons (Fsp3) is 0.231. The molecule has 0 unspecified atom stereocenters. The van der Waals surface area contributed by atoms with Crippen molar-refractivity contribution in [2.24, 2.45) is 7.05 Å². The van der Waals surface area contributed by atoms with Crippen molar-refractivity contribution in [3.8, 4) is 17.0 Å². The Labute approximate surface area is 109 Å². The lowest BCUT2D eigenvalue weighted by molar-refractivity contribution is 0.0515. The highest BCUT2D eigenvalue weighted by atomic mass is 19.1. The topological polar surface area (TPSA) is 64.3 Å². The zero-order chi connectivity index (χ0) is 14.0. The molecular formula is C13H13FN2O3. The van der Waals surface area contributed by atoms with E-state index < -0.39 is 5.97 Å². The predicted octanol–water partition coefficient (Wildman–Crippen LogP) is 2.11. The van der Waals surface area contributed by atoms with Gasteiger partial charge in [-0.15, -0.1) is 0 Å². The van der Waals surface area contributed by atoms with Crippen LogP contribution in [0.4, 0.5) is 4.39 Å². The number of hydrogen-bond acceptors (Lipinski definition) is 4. The summed E-state index contributed by atoms with van der Waals surface area (Å²) in [6.07, 6.45) is 0. The smallest absolute Gasteiger partial charge is 0.362 e. The number of rotatable bonds is 3. The summed E-state index contributed by atoms with van der Waals surface area (Å²) in [5, 5.41) is 14.0. The van der Waals surface area contributed by atoms with Gasteiger partial charge < -0.3 is 9.84 Å². The third-order valence-corrected chi connectivity index (χ3v) is 2.61. The Balaban J connectivity index is 2.47. The average molecular weight is 264 g/mol. The van der Waals surface area contributed by atoms with Gasteiger partial charge >= 0.3 is 5.97 Å². The Kier molecular flexibility index (Phi) is 3.50. The van der Waals surface area contributed by atoms with Crippen molar-refractivity contribution < 1.29 is 19.0 Å². The van der Waals surface area contributed by atoms with E-state index >= 15 is 0 Å². The first-order chi connectivity index (χ1) is 9.04. The second-order valence-electron chi connectivity index (χ2n) is 3.90. The number of aryl methyl sites for hydroxylation is 1. The molecule has 2 aromatic rings. The second-order valence-corrected chi connectivity index (χ2v) is 3.90. The molecule has 0 aliphatic heterocycles. The van der Waals surface area contributed by atoms with Gasteiger partial charge in [-0.1, -0.05) is 0 Å². The largest absolute Gasteiger partial charge is 0.504 e. The zero-order valence-electron chi connectivity index (χ0n) is 10.6. The summed E-state index contributed by atoms with van der Waals surface area (Å²) in [6, 6.07) is 5.54. The second kappa shape index (κ2) is 5.09. The van der Waals surface area contributed by atoms with Crippen LogP contribution in [-0.4, -0.2) is 27.5 Å². The zero-order valence-corrected chi connectivity index (χ0v) is 10.6. The van der Waals surface area contributed by atoms with E-state index in [2.05, 4.69) is 5.10 Å². The molecule has 5 nitrogen and oxygen atoms in total. The molecule has 2 rings (SSSR count). The van der Waals surface area contributed by atoms with Gasteiger partial charge in [-0.2, -0.15) is 5.10 Å². The van der Waals surface area contributed by atoms with Crippen LogP contribution in [0.15, 0.2) is 24.3 Å². The summed E-state index contributed by atoms with van der Waals surface area (Å²) in [5.41, 5.74) is 0.746. The molecule has 1 heterocycles. The standard InChI is InChI=1S/C13H13FN2O3/c1-3-19-13(18)10-12(17)11(16(2)15-10)8-4-6-9(14)7-5-8/h4-7,17H,3H2,1-2H3. The minimum absolute atomic E-state index is 0.149. The van der Waals surface area contributed by atoms with E-state index in [4.69, 9.17) is 4.74 Å². The molecule has 0 fully saturated rings. The number of hydrogen-bond donors (Lipinski definition) is 1. The highest BCUT2D eigenvalue weighted by Crippen LogP contribution is 2.32. The first kappa shape index (κ1) is 13.1. The lowest BCUT2D eigenvalue weighted by atomic mass is 10.1. The van der Waals surface area contributed by atoms with Crippen LogP contribution in [0.25, 0.3) is 11.3 Å². The molecular weight excluding hydrogens is 251 g/mol. The Morgan fingerprint density at radius 3 is 2.63 bits per heavy atom. The fourth-order valence-corrected chi connectivity index (χ4v) is 1.78. The number of nitrogens with zero attached hydrogens (tertiary/aromatic N) is 2. The lowest BCUT2D eigenvalue weighted by Gasteiger charge is -2.02. The Morgan fingerprint density at radius 1 is 1.42 bits per heavy atom. The molecule has 0 saturated heterocycles. The Hall–Kier alpha value is -2.37. The highest BCUT2D eigenvalue weighted by molar-refractivity contribution is 5.93. The van der Waals surface area contributed by atoms with Gasteiger partial charge in [0.2, 0.25) is 5.69 Å². The summed E-state index contributed by atoms with van der Waals surface area (Å²) in [7, 11) is 1.58. The maximum Gasteiger partial charge on any atom is 0.362 e. The molecule has 1 aromatic carbocycles. The van der Waals surface area contributed by atoms with Crippen molar-refractivity contribution in [1.82, 2.24) is 9.78 Å². The van der Waals surface area contributed by atoms with E-state index in [1.54, 1.807) is 14.0 Å². The van der Waals surface area contributed by atoms with Crippen LogP contribution in [0.2, 0.25) is 0 Å². The molecule has 1 aromatic heterocycles. The Bertz CT molecular complexity index is 605. The molecule has 0 amide bonds. The van der Waals surface area contributed by atoms with E-state index in [0.717, 1.165) is 0 Å². The third-order valence-electron chi connectivity index (χ3n) is 2.61. The first-order valence-electron chi connectivity index (χ1n) is 5.73. The molecule has 0 saturated carbocycles. The quantitative estimate of drug-likeness (QED) is 0.862. The van der Waals surface area contributed by atoms with Gasteiger partial charge in [0.15, 0.2) is 5.75 Å². The summed E-state index contributed by atoms with van der Waals surface area (Å²) in [4.78, 5) is 11.6. The molecule has 19 heavy (non-hydrogen) atoms. The van der Waals surface area contributed by atoms with Crippen LogP contribution in [0, 0.1) is 5.82 Å². The summed E-state index contributed by atoms with van der Waals surface area (Å²) < 4.78 is 19.0. The third kappa shape index (κ3) is 2.42. The van der Waals surface area contributed by atoms with Gasteiger partial charge in [-0.3, -0.25) is 4.68 Å². The van der Waals surface area contributed by atoms with E-state index in [1.165, 1.54) is 28.9 Å². The first-order valence-corrected chi connectivity index (χ1v) is 5.73. The molecule has 100 valence electrons. The number of benzene rings is 1. The number of ether oxygens (including phenoxy) is 1. The number of carbonyl (C=O) groups excluding carboxylic acids is 1. The lowest BCUT2D eigenvalue weighted by Crippen LogP contribution is -2.06. The van der Waals surface area contributed by atoms with Crippen molar-refractivity contribution in [3.05, 3.63) is 35.8 Å². The normalized spacial score (nSPS) is 10.5. The average Bonchev–Trinajstić information content (AvgIpc) is 2.67. The molecule has 0 bridgehead atoms. The van der Waals surface area contributed by atoms with Crippen LogP contribution in [-0.2, 0) is 11.8 Å². The van der Waals surface area contributed by atoms with Gasteiger partial charge in [0.25, 0.3) is 0 Å². The van der Waals surface area contributed by atoms with Crippen LogP contribution in [0.3, 0.4) is 0 Å². The van der Waals surface area contributed by atoms with Crippen LogP contribution in [0.1, 0.15) is 17.4 Å². The summed E-state index contributed by atoms with van der Waals surface area (Å²) in [6.45, 7) is 1.86. The van der Waals surface area contributed by atoms with Gasteiger partial charge in [0.05, 0.1) is 6.61 Å². The van der Waals surface area contributed by atoms with E-state index in [1.807, 2.05) is 0 Å². The van der Waals surface area contributed by atoms with Crippen molar-refractivity contribution >= 4 is 5.97 Å². The fourth-order valence-electron chi connectivity index (χ4n) is 1.78. The summed E-state index contributed by atoms with van der Waals surface area (Å²) >= 11 is 0. The van der Waals surface area contributed by atoms with Crippen molar-refractivity contribution in [3.63, 3.8) is 0 Å². The van der Waals surface area contributed by atoms with Gasteiger partial charge in [-0.05, 0) is 31.2 Å². The minimum atomic E-state index is -0.691. The molecule has 1 N–H and O–H groups in total. The monoisotopic (exact) mass is 264 g/mol. The maximum absolute atomic E-state index is 12.9. The van der Waals surface area contributed by atoms with Crippen LogP contribution < -0.4 is 0 Å². The van der Waals surface area contributed by atoms with Crippen molar-refractivity contribution in [2.75, 3.05) is 6.61 Å². The van der Waals surface area contributed by atoms with Crippen LogP contribution in [0.5, 0.6) is 5.75 Å². The number of aromatic hydroxyl groups is 1. The number of halogens is 1. The number of aromatic nitrogens is 2. The van der Waals surface area contributed by atoms with Gasteiger partial charge in [0.1, 0.15) is 11.5 Å². The molecule has 0 radical (unpaired) electrons. The number of esters is 1. The maximum atomic E-state index is 12.9. The highest BCUT2D eigenvalue weighted by Gasteiger charge is 2.23. The molecule has 0 aliphatic carbocycles. The van der Waals surface area contributed by atoms with E-state index in [9.17, 15) is 14.3 Å². The van der Waals surface area contributed by atoms with E-state index in [0.29, 0.717) is 11.3 Å². The molecule has 0 aliphatic rings. The molecule has 0 spiro atoms. The van der Waals surface area contributed by atoms with Gasteiger partial charge in [0, 0.05) is 12.6 Å². The predicted molar refractivity (Wildman–Crippen MR) is 66.2 cm³/mol. The molecule has 6 heteroatoms. The molecule has 0 atom stereocenters. The number of carbonyl (C=O) groups is 1. The van der Waals surface area contributed by atoms with E-state index in [-0.39, 0.29) is 23.9 Å². The summed E-state index contributed by atoms with van der Waals surface area (Å²) in [5.74, 6) is -1.34. The van der Waals surface area contributed by atoms with Gasteiger partial charge in [-0.25, -0.2) is 9.18 Å². The van der Waals surface area contributed by atoms with Crippen molar-refractivity contribution in [1.29, 1.82) is 0 Å².